The number of fused-ring (bicyclic) bond motifs is 3. The van der Waals surface area contributed by atoms with Crippen molar-refractivity contribution >= 4 is 0 Å². The minimum atomic E-state index is -0.272. The lowest BCUT2D eigenvalue weighted by Crippen LogP contribution is -2.53. The quantitative estimate of drug-likeness (QED) is 0.736. The summed E-state index contributed by atoms with van der Waals surface area (Å²) in [4.78, 5) is 0. The van der Waals surface area contributed by atoms with E-state index in [2.05, 4.69) is 20.8 Å². The Bertz CT molecular complexity index is 325. The number of hydrogen-bond acceptors (Lipinski definition) is 2. The van der Waals surface area contributed by atoms with Crippen molar-refractivity contribution in [2.45, 2.75) is 52.6 Å². The van der Waals surface area contributed by atoms with Gasteiger partial charge in [0.05, 0.1) is 12.7 Å². The number of aliphatic hydroxyl groups is 2. The van der Waals surface area contributed by atoms with Crippen molar-refractivity contribution in [2.24, 2.45) is 34.5 Å². The molecule has 98 valence electrons. The molecule has 0 bridgehead atoms. The average molecular weight is 238 g/mol. The first kappa shape index (κ1) is 12.0. The Hall–Kier alpha value is -0.0800. The fourth-order valence-corrected chi connectivity index (χ4v) is 5.49. The van der Waals surface area contributed by atoms with Gasteiger partial charge in [0, 0.05) is 5.41 Å². The molecule has 2 N–H and O–H groups in total. The van der Waals surface area contributed by atoms with Gasteiger partial charge < -0.3 is 10.2 Å². The minimum Gasteiger partial charge on any atom is -0.396 e. The largest absolute Gasteiger partial charge is 0.396 e. The molecule has 3 fully saturated rings. The summed E-state index contributed by atoms with van der Waals surface area (Å²) < 4.78 is 0. The van der Waals surface area contributed by atoms with E-state index in [1.54, 1.807) is 0 Å². The van der Waals surface area contributed by atoms with E-state index in [0.29, 0.717) is 17.3 Å². The third kappa shape index (κ3) is 1.34. The summed E-state index contributed by atoms with van der Waals surface area (Å²) in [6.45, 7) is 7.27. The summed E-state index contributed by atoms with van der Waals surface area (Å²) >= 11 is 0. The molecule has 17 heavy (non-hydrogen) atoms. The van der Waals surface area contributed by atoms with Gasteiger partial charge in [-0.15, -0.1) is 0 Å². The van der Waals surface area contributed by atoms with Gasteiger partial charge >= 0.3 is 0 Å². The highest BCUT2D eigenvalue weighted by Crippen LogP contribution is 2.73. The maximum atomic E-state index is 10.4. The van der Waals surface area contributed by atoms with Gasteiger partial charge in [-0.05, 0) is 54.8 Å². The van der Waals surface area contributed by atoms with Gasteiger partial charge in [0.25, 0.3) is 0 Å². The van der Waals surface area contributed by atoms with Crippen LogP contribution in [0, 0.1) is 34.5 Å². The fraction of sp³-hybridized carbons (Fsp3) is 1.00. The van der Waals surface area contributed by atoms with E-state index in [-0.39, 0.29) is 18.1 Å². The van der Waals surface area contributed by atoms with Crippen molar-refractivity contribution in [1.29, 1.82) is 0 Å². The molecule has 0 spiro atoms. The van der Waals surface area contributed by atoms with Crippen molar-refractivity contribution in [1.82, 2.24) is 0 Å². The molecule has 3 aliphatic carbocycles. The van der Waals surface area contributed by atoms with Crippen LogP contribution >= 0.6 is 0 Å². The van der Waals surface area contributed by atoms with Crippen LogP contribution in [0.25, 0.3) is 0 Å². The van der Waals surface area contributed by atoms with E-state index < -0.39 is 0 Å². The van der Waals surface area contributed by atoms with Gasteiger partial charge in [0.2, 0.25) is 0 Å². The summed E-state index contributed by atoms with van der Waals surface area (Å²) in [5, 5.41) is 20.3. The van der Waals surface area contributed by atoms with Crippen LogP contribution in [0.15, 0.2) is 0 Å². The molecular weight excluding hydrogens is 212 g/mol. The van der Waals surface area contributed by atoms with Gasteiger partial charge in [0.15, 0.2) is 0 Å². The highest BCUT2D eigenvalue weighted by molar-refractivity contribution is 5.17. The van der Waals surface area contributed by atoms with Crippen LogP contribution in [0.5, 0.6) is 0 Å². The molecule has 2 nitrogen and oxygen atoms in total. The summed E-state index contributed by atoms with van der Waals surface area (Å²) in [5.74, 6) is 2.80. The first-order chi connectivity index (χ1) is 7.95. The molecule has 0 saturated heterocycles. The molecule has 0 heterocycles. The molecule has 0 radical (unpaired) electrons. The van der Waals surface area contributed by atoms with Gasteiger partial charge in [0.1, 0.15) is 0 Å². The normalized spacial score (nSPS) is 55.9. The maximum absolute atomic E-state index is 10.4. The molecule has 0 aromatic heterocycles. The standard InChI is InChI=1S/C15H26O2/c1-9-4-5-11(17)15(8-16)7-6-10-13(12(9)15)14(10,2)3/h9-13,16-17H,4-8H2,1-3H3. The Morgan fingerprint density at radius 2 is 1.82 bits per heavy atom. The lowest BCUT2D eigenvalue weighted by molar-refractivity contribution is -0.132. The Labute approximate surface area is 104 Å². The second kappa shape index (κ2) is 3.48. The van der Waals surface area contributed by atoms with E-state index in [4.69, 9.17) is 0 Å². The Morgan fingerprint density at radius 1 is 1.12 bits per heavy atom. The summed E-state index contributed by atoms with van der Waals surface area (Å²) in [6, 6.07) is 0. The lowest BCUT2D eigenvalue weighted by Gasteiger charge is -2.52. The van der Waals surface area contributed by atoms with Crippen molar-refractivity contribution in [3.05, 3.63) is 0 Å². The average Bonchev–Trinajstić information content (AvgIpc) is 2.86. The lowest BCUT2D eigenvalue weighted by atomic mass is 9.54. The van der Waals surface area contributed by atoms with Gasteiger partial charge in [-0.25, -0.2) is 0 Å². The highest BCUT2D eigenvalue weighted by atomic mass is 16.3. The third-order valence-electron chi connectivity index (χ3n) is 6.58. The summed E-state index contributed by atoms with van der Waals surface area (Å²) in [6.07, 6.45) is 3.98. The van der Waals surface area contributed by atoms with E-state index >= 15 is 0 Å². The van der Waals surface area contributed by atoms with Crippen LogP contribution in [-0.4, -0.2) is 22.9 Å². The van der Waals surface area contributed by atoms with Crippen LogP contribution < -0.4 is 0 Å². The smallest absolute Gasteiger partial charge is 0.0621 e. The molecule has 6 unspecified atom stereocenters. The van der Waals surface area contributed by atoms with Gasteiger partial charge in [-0.2, -0.15) is 0 Å². The van der Waals surface area contributed by atoms with E-state index in [0.717, 1.165) is 31.1 Å². The zero-order valence-corrected chi connectivity index (χ0v) is 11.3. The molecule has 3 saturated carbocycles. The third-order valence-corrected chi connectivity index (χ3v) is 6.58. The van der Waals surface area contributed by atoms with E-state index in [9.17, 15) is 10.2 Å². The zero-order valence-electron chi connectivity index (χ0n) is 11.3. The Morgan fingerprint density at radius 3 is 2.47 bits per heavy atom. The first-order valence-corrected chi connectivity index (χ1v) is 7.24. The van der Waals surface area contributed by atoms with Gasteiger partial charge in [-0.1, -0.05) is 20.8 Å². The SMILES string of the molecule is CC1CCC(O)C2(CO)CCC3C(C12)C3(C)C. The van der Waals surface area contributed by atoms with Crippen LogP contribution in [0.1, 0.15) is 46.5 Å². The Balaban J connectivity index is 1.97. The van der Waals surface area contributed by atoms with Crippen molar-refractivity contribution in [3.8, 4) is 0 Å². The predicted molar refractivity (Wildman–Crippen MR) is 67.4 cm³/mol. The van der Waals surface area contributed by atoms with Crippen LogP contribution in [0.3, 0.4) is 0 Å². The molecule has 3 rings (SSSR count). The van der Waals surface area contributed by atoms with Crippen LogP contribution in [-0.2, 0) is 0 Å². The second-order valence-corrected chi connectivity index (χ2v) is 7.48. The fourth-order valence-electron chi connectivity index (χ4n) is 5.49. The molecule has 0 aliphatic heterocycles. The van der Waals surface area contributed by atoms with Crippen LogP contribution in [0.4, 0.5) is 0 Å². The first-order valence-electron chi connectivity index (χ1n) is 7.24. The molecule has 0 aromatic rings. The topological polar surface area (TPSA) is 40.5 Å². The minimum absolute atomic E-state index is 0.174. The van der Waals surface area contributed by atoms with E-state index in [1.807, 2.05) is 0 Å². The maximum Gasteiger partial charge on any atom is 0.0621 e. The number of hydrogen-bond donors (Lipinski definition) is 2. The predicted octanol–water partition coefficient (Wildman–Crippen LogP) is 2.44. The monoisotopic (exact) mass is 238 g/mol. The molecular formula is C15H26O2. The van der Waals surface area contributed by atoms with Crippen molar-refractivity contribution < 1.29 is 10.2 Å². The molecule has 6 atom stereocenters. The molecule has 3 aliphatic rings. The number of rotatable bonds is 1. The summed E-state index contributed by atoms with van der Waals surface area (Å²) in [5.41, 5.74) is 0.277. The van der Waals surface area contributed by atoms with Crippen molar-refractivity contribution in [2.75, 3.05) is 6.61 Å². The van der Waals surface area contributed by atoms with Crippen LogP contribution in [0.2, 0.25) is 0 Å². The summed E-state index contributed by atoms with van der Waals surface area (Å²) in [7, 11) is 0. The number of aliphatic hydroxyl groups excluding tert-OH is 2. The van der Waals surface area contributed by atoms with Crippen molar-refractivity contribution in [3.63, 3.8) is 0 Å². The molecule has 2 heteroatoms. The second-order valence-electron chi connectivity index (χ2n) is 7.48. The highest BCUT2D eigenvalue weighted by Gasteiger charge is 2.69. The zero-order chi connectivity index (χ0) is 12.4. The molecule has 0 aromatic carbocycles. The Kier molecular flexibility index (Phi) is 2.45. The van der Waals surface area contributed by atoms with Gasteiger partial charge in [-0.3, -0.25) is 0 Å². The molecule has 0 amide bonds. The van der Waals surface area contributed by atoms with E-state index in [1.165, 1.54) is 6.42 Å².